The molecule has 0 aliphatic carbocycles. The van der Waals surface area contributed by atoms with E-state index in [9.17, 15) is 9.90 Å². The Hall–Kier alpha value is -2.56. The summed E-state index contributed by atoms with van der Waals surface area (Å²) in [5, 5.41) is 9.70. The molecule has 0 spiro atoms. The minimum absolute atomic E-state index is 0.148. The lowest BCUT2D eigenvalue weighted by Crippen LogP contribution is -2.11. The Kier molecular flexibility index (Phi) is 3.14. The van der Waals surface area contributed by atoms with Crippen molar-refractivity contribution in [2.24, 2.45) is 5.73 Å². The van der Waals surface area contributed by atoms with E-state index in [2.05, 4.69) is 4.98 Å². The number of amides is 1. The van der Waals surface area contributed by atoms with Crippen LogP contribution in [0.3, 0.4) is 0 Å². The van der Waals surface area contributed by atoms with Crippen molar-refractivity contribution in [3.63, 3.8) is 0 Å². The third kappa shape index (κ3) is 2.24. The highest BCUT2D eigenvalue weighted by molar-refractivity contribution is 5.94. The molecule has 0 atom stereocenters. The number of pyridine rings is 1. The van der Waals surface area contributed by atoms with Gasteiger partial charge in [0.15, 0.2) is 0 Å². The first kappa shape index (κ1) is 11.9. The van der Waals surface area contributed by atoms with Gasteiger partial charge in [-0.3, -0.25) is 4.79 Å². The first-order valence-corrected chi connectivity index (χ1v) is 5.25. The maximum absolute atomic E-state index is 11.1. The van der Waals surface area contributed by atoms with E-state index in [0.717, 1.165) is 5.56 Å². The fourth-order valence-corrected chi connectivity index (χ4v) is 1.58. The first-order valence-electron chi connectivity index (χ1n) is 5.25. The highest BCUT2D eigenvalue weighted by Gasteiger charge is 2.09. The van der Waals surface area contributed by atoms with Crippen molar-refractivity contribution in [1.82, 2.24) is 4.98 Å². The third-order valence-corrected chi connectivity index (χ3v) is 2.55. The Bertz CT molecular complexity index is 579. The summed E-state index contributed by atoms with van der Waals surface area (Å²) in [5.41, 5.74) is 6.60. The van der Waals surface area contributed by atoms with Crippen molar-refractivity contribution in [3.05, 3.63) is 42.1 Å². The molecule has 18 heavy (non-hydrogen) atoms. The summed E-state index contributed by atoms with van der Waals surface area (Å²) >= 11 is 0. The number of primary amides is 1. The molecule has 0 aliphatic rings. The molecular formula is C13H12N2O3. The summed E-state index contributed by atoms with van der Waals surface area (Å²) in [5.74, 6) is -0.0281. The van der Waals surface area contributed by atoms with Gasteiger partial charge in [0.1, 0.15) is 5.75 Å². The molecule has 1 aromatic carbocycles. The molecule has 2 aromatic rings. The first-order chi connectivity index (χ1) is 8.61. The van der Waals surface area contributed by atoms with Gasteiger partial charge in [-0.1, -0.05) is 12.1 Å². The second kappa shape index (κ2) is 4.75. The van der Waals surface area contributed by atoms with Crippen LogP contribution in [-0.2, 0) is 0 Å². The minimum atomic E-state index is -0.586. The number of hydrogen-bond donors (Lipinski definition) is 2. The fourth-order valence-electron chi connectivity index (χ4n) is 1.58. The molecule has 0 saturated carbocycles. The van der Waals surface area contributed by atoms with E-state index in [1.165, 1.54) is 12.3 Å². The molecule has 92 valence electrons. The summed E-state index contributed by atoms with van der Waals surface area (Å²) in [6.07, 6.45) is 1.24. The van der Waals surface area contributed by atoms with Gasteiger partial charge in [-0.05, 0) is 23.8 Å². The summed E-state index contributed by atoms with van der Waals surface area (Å²) in [6, 6.07) is 8.55. The Morgan fingerprint density at radius 1 is 1.33 bits per heavy atom. The molecule has 0 radical (unpaired) electrons. The molecular weight excluding hydrogens is 232 g/mol. The van der Waals surface area contributed by atoms with Gasteiger partial charge in [-0.15, -0.1) is 0 Å². The van der Waals surface area contributed by atoms with Gasteiger partial charge < -0.3 is 15.6 Å². The van der Waals surface area contributed by atoms with E-state index in [1.54, 1.807) is 31.4 Å². The van der Waals surface area contributed by atoms with E-state index in [1.807, 2.05) is 0 Å². The fraction of sp³-hybridized carbons (Fsp3) is 0.0769. The smallest absolute Gasteiger partial charge is 0.250 e. The number of carbonyl (C=O) groups excluding carboxylic acids is 1. The zero-order valence-electron chi connectivity index (χ0n) is 9.75. The Morgan fingerprint density at radius 3 is 2.56 bits per heavy atom. The van der Waals surface area contributed by atoms with Gasteiger partial charge in [0, 0.05) is 11.8 Å². The van der Waals surface area contributed by atoms with E-state index < -0.39 is 5.91 Å². The monoisotopic (exact) mass is 244 g/mol. The number of carbonyl (C=O) groups is 1. The van der Waals surface area contributed by atoms with Crippen molar-refractivity contribution in [3.8, 4) is 22.8 Å². The number of nitrogens with zero attached hydrogens (tertiary/aromatic N) is 1. The van der Waals surface area contributed by atoms with Gasteiger partial charge in [-0.2, -0.15) is 0 Å². The average molecular weight is 244 g/mol. The SMILES string of the molecule is COc1ccc(-c2cc(C(N)=O)cnc2O)cc1. The van der Waals surface area contributed by atoms with E-state index in [0.29, 0.717) is 11.3 Å². The molecule has 5 heteroatoms. The highest BCUT2D eigenvalue weighted by Crippen LogP contribution is 2.29. The van der Waals surface area contributed by atoms with Crippen molar-refractivity contribution in [2.45, 2.75) is 0 Å². The largest absolute Gasteiger partial charge is 0.497 e. The maximum atomic E-state index is 11.1. The Labute approximate surface area is 104 Å². The predicted octanol–water partition coefficient (Wildman–Crippen LogP) is 1.56. The van der Waals surface area contributed by atoms with Crippen LogP contribution in [0.2, 0.25) is 0 Å². The van der Waals surface area contributed by atoms with Crippen LogP contribution < -0.4 is 10.5 Å². The van der Waals surface area contributed by atoms with Crippen molar-refractivity contribution < 1.29 is 14.6 Å². The van der Waals surface area contributed by atoms with Gasteiger partial charge in [0.25, 0.3) is 0 Å². The number of benzene rings is 1. The number of hydrogen-bond acceptors (Lipinski definition) is 4. The predicted molar refractivity (Wildman–Crippen MR) is 66.4 cm³/mol. The molecule has 2 rings (SSSR count). The van der Waals surface area contributed by atoms with Crippen LogP contribution in [0.15, 0.2) is 36.5 Å². The number of aromatic hydroxyl groups is 1. The average Bonchev–Trinajstić information content (AvgIpc) is 2.39. The standard InChI is InChI=1S/C13H12N2O3/c1-18-10-4-2-8(3-5-10)11-6-9(12(14)16)7-15-13(11)17/h2-7H,1H3,(H2,14,16)(H,15,17). The number of rotatable bonds is 3. The zero-order chi connectivity index (χ0) is 13.1. The molecule has 5 nitrogen and oxygen atoms in total. The van der Waals surface area contributed by atoms with E-state index in [4.69, 9.17) is 10.5 Å². The molecule has 0 bridgehead atoms. The summed E-state index contributed by atoms with van der Waals surface area (Å²) in [4.78, 5) is 14.8. The molecule has 0 aliphatic heterocycles. The Balaban J connectivity index is 2.48. The molecule has 1 amide bonds. The van der Waals surface area contributed by atoms with Crippen LogP contribution in [0.5, 0.6) is 11.6 Å². The number of ether oxygens (including phenoxy) is 1. The van der Waals surface area contributed by atoms with Gasteiger partial charge in [-0.25, -0.2) is 4.98 Å². The Morgan fingerprint density at radius 2 is 2.00 bits per heavy atom. The molecule has 1 heterocycles. The van der Waals surface area contributed by atoms with E-state index in [-0.39, 0.29) is 11.4 Å². The summed E-state index contributed by atoms with van der Waals surface area (Å²) in [6.45, 7) is 0. The molecule has 1 aromatic heterocycles. The van der Waals surface area contributed by atoms with Crippen molar-refractivity contribution in [1.29, 1.82) is 0 Å². The van der Waals surface area contributed by atoms with Crippen molar-refractivity contribution >= 4 is 5.91 Å². The van der Waals surface area contributed by atoms with Crippen LogP contribution in [0.25, 0.3) is 11.1 Å². The molecule has 3 N–H and O–H groups in total. The van der Waals surface area contributed by atoms with Crippen LogP contribution >= 0.6 is 0 Å². The second-order valence-electron chi connectivity index (χ2n) is 3.69. The molecule has 0 unspecified atom stereocenters. The lowest BCUT2D eigenvalue weighted by atomic mass is 10.0. The van der Waals surface area contributed by atoms with Crippen molar-refractivity contribution in [2.75, 3.05) is 7.11 Å². The topological polar surface area (TPSA) is 85.4 Å². The maximum Gasteiger partial charge on any atom is 0.250 e. The van der Waals surface area contributed by atoms with Crippen LogP contribution in [0.1, 0.15) is 10.4 Å². The van der Waals surface area contributed by atoms with E-state index >= 15 is 0 Å². The van der Waals surface area contributed by atoms with Gasteiger partial charge in [0.05, 0.1) is 12.7 Å². The van der Waals surface area contributed by atoms with Gasteiger partial charge in [0.2, 0.25) is 11.8 Å². The number of methoxy groups -OCH3 is 1. The molecule has 0 saturated heterocycles. The minimum Gasteiger partial charge on any atom is -0.497 e. The summed E-state index contributed by atoms with van der Waals surface area (Å²) in [7, 11) is 1.57. The summed E-state index contributed by atoms with van der Waals surface area (Å²) < 4.78 is 5.05. The van der Waals surface area contributed by atoms with Crippen LogP contribution in [0, 0.1) is 0 Å². The third-order valence-electron chi connectivity index (χ3n) is 2.55. The number of nitrogens with two attached hydrogens (primary N) is 1. The molecule has 0 fully saturated rings. The van der Waals surface area contributed by atoms with Gasteiger partial charge >= 0.3 is 0 Å². The number of aromatic nitrogens is 1. The lowest BCUT2D eigenvalue weighted by molar-refractivity contribution is 0.1000. The quantitative estimate of drug-likeness (QED) is 0.858. The highest BCUT2D eigenvalue weighted by atomic mass is 16.5. The lowest BCUT2D eigenvalue weighted by Gasteiger charge is -2.06. The van der Waals surface area contributed by atoms with Crippen LogP contribution in [-0.4, -0.2) is 23.1 Å². The van der Waals surface area contributed by atoms with Crippen LogP contribution in [0.4, 0.5) is 0 Å². The zero-order valence-corrected chi connectivity index (χ0v) is 9.75. The normalized spacial score (nSPS) is 10.1. The second-order valence-corrected chi connectivity index (χ2v) is 3.69.